The molecule has 1 heterocycles. The van der Waals surface area contributed by atoms with E-state index in [4.69, 9.17) is 31.9 Å². The Balaban J connectivity index is 1.71. The number of benzene rings is 2. The van der Waals surface area contributed by atoms with E-state index in [0.29, 0.717) is 22.0 Å². The number of nitrogen functional groups attached to an aromatic ring is 1. The van der Waals surface area contributed by atoms with Crippen molar-refractivity contribution in [3.63, 3.8) is 0 Å². The summed E-state index contributed by atoms with van der Waals surface area (Å²) in [5.41, 5.74) is 7.31. The second-order valence-corrected chi connectivity index (χ2v) is 6.21. The van der Waals surface area contributed by atoms with E-state index >= 15 is 0 Å². The first-order valence-electron chi connectivity index (χ1n) is 8.18. The quantitative estimate of drug-likeness (QED) is 0.318. The van der Waals surface area contributed by atoms with Crippen LogP contribution in [0.25, 0.3) is 0 Å². The number of carbonyl (C=O) groups is 2. The molecule has 4 N–H and O–H groups in total. The maximum Gasteiger partial charge on any atom is 0.262 e. The van der Waals surface area contributed by atoms with E-state index in [2.05, 4.69) is 5.32 Å². The van der Waals surface area contributed by atoms with Gasteiger partial charge < -0.3 is 25.6 Å². The number of hydrogen-bond donors (Lipinski definition) is 3. The Morgan fingerprint density at radius 3 is 2.75 bits per heavy atom. The lowest BCUT2D eigenvalue weighted by molar-refractivity contribution is -0.118. The molecule has 0 unspecified atom stereocenters. The fourth-order valence-corrected chi connectivity index (χ4v) is 2.64. The summed E-state index contributed by atoms with van der Waals surface area (Å²) in [7, 11) is 0. The first kappa shape index (κ1) is 19.2. The SMILES string of the molecule is N=Cc1cc(NC(=O)COc2ccc(Cl)cc2C(=O)c2ccco2)ccc1N. The van der Waals surface area contributed by atoms with Gasteiger partial charge >= 0.3 is 0 Å². The van der Waals surface area contributed by atoms with Crippen molar-refractivity contribution in [2.45, 2.75) is 0 Å². The van der Waals surface area contributed by atoms with E-state index in [1.807, 2.05) is 0 Å². The van der Waals surface area contributed by atoms with Crippen LogP contribution < -0.4 is 15.8 Å². The molecule has 0 spiro atoms. The molecule has 7 nitrogen and oxygen atoms in total. The maximum absolute atomic E-state index is 12.6. The number of hydrogen-bond acceptors (Lipinski definition) is 6. The number of halogens is 1. The highest BCUT2D eigenvalue weighted by molar-refractivity contribution is 6.31. The van der Waals surface area contributed by atoms with Gasteiger partial charge in [-0.3, -0.25) is 9.59 Å². The van der Waals surface area contributed by atoms with Gasteiger partial charge in [-0.1, -0.05) is 11.6 Å². The molecule has 0 aliphatic rings. The molecule has 142 valence electrons. The van der Waals surface area contributed by atoms with Crippen LogP contribution >= 0.6 is 11.6 Å². The van der Waals surface area contributed by atoms with Crippen LogP contribution in [0.3, 0.4) is 0 Å². The van der Waals surface area contributed by atoms with E-state index in [0.717, 1.165) is 6.21 Å². The predicted octanol–water partition coefficient (Wildman–Crippen LogP) is 3.76. The lowest BCUT2D eigenvalue weighted by Crippen LogP contribution is -2.21. The molecule has 1 aromatic heterocycles. The van der Waals surface area contributed by atoms with Crippen molar-refractivity contribution in [2.24, 2.45) is 0 Å². The van der Waals surface area contributed by atoms with Gasteiger partial charge in [0.15, 0.2) is 12.4 Å². The highest BCUT2D eigenvalue weighted by Gasteiger charge is 2.18. The van der Waals surface area contributed by atoms with E-state index in [-0.39, 0.29) is 23.7 Å². The average molecular weight is 398 g/mol. The van der Waals surface area contributed by atoms with Crippen LogP contribution in [0.1, 0.15) is 21.7 Å². The summed E-state index contributed by atoms with van der Waals surface area (Å²) < 4.78 is 10.6. The Bertz CT molecular complexity index is 1030. The lowest BCUT2D eigenvalue weighted by atomic mass is 10.1. The van der Waals surface area contributed by atoms with E-state index in [1.54, 1.807) is 30.3 Å². The molecule has 0 fully saturated rings. The molecular weight excluding hydrogens is 382 g/mol. The van der Waals surface area contributed by atoms with Crippen molar-refractivity contribution in [3.05, 3.63) is 76.7 Å². The minimum absolute atomic E-state index is 0.137. The van der Waals surface area contributed by atoms with E-state index < -0.39 is 11.7 Å². The Kier molecular flexibility index (Phi) is 5.76. The Hall–Kier alpha value is -3.58. The molecule has 0 atom stereocenters. The zero-order chi connectivity index (χ0) is 20.1. The number of rotatable bonds is 7. The topological polar surface area (TPSA) is 118 Å². The minimum atomic E-state index is -0.438. The van der Waals surface area contributed by atoms with Crippen molar-refractivity contribution in [2.75, 3.05) is 17.7 Å². The first-order valence-corrected chi connectivity index (χ1v) is 8.56. The monoisotopic (exact) mass is 397 g/mol. The van der Waals surface area contributed by atoms with Gasteiger partial charge in [0.25, 0.3) is 5.91 Å². The molecule has 3 aromatic rings. The molecule has 0 saturated heterocycles. The van der Waals surface area contributed by atoms with Crippen LogP contribution in [0, 0.1) is 5.41 Å². The summed E-state index contributed by atoms with van der Waals surface area (Å²) in [5.74, 6) is -0.500. The van der Waals surface area contributed by atoms with Crippen LogP contribution in [0.5, 0.6) is 5.75 Å². The molecule has 0 saturated carbocycles. The summed E-state index contributed by atoms with van der Waals surface area (Å²) in [4.78, 5) is 24.7. The van der Waals surface area contributed by atoms with Crippen molar-refractivity contribution < 1.29 is 18.7 Å². The number of anilines is 2. The molecule has 28 heavy (non-hydrogen) atoms. The van der Waals surface area contributed by atoms with Gasteiger partial charge in [-0.2, -0.15) is 0 Å². The predicted molar refractivity (Wildman–Crippen MR) is 106 cm³/mol. The molecule has 2 aromatic carbocycles. The zero-order valence-corrected chi connectivity index (χ0v) is 15.3. The Labute approximate surface area is 165 Å². The van der Waals surface area contributed by atoms with Crippen LogP contribution in [-0.4, -0.2) is 24.5 Å². The first-order chi connectivity index (χ1) is 13.5. The van der Waals surface area contributed by atoms with Crippen molar-refractivity contribution in [1.29, 1.82) is 5.41 Å². The summed E-state index contributed by atoms with van der Waals surface area (Å²) in [6.45, 7) is -0.329. The third-order valence-electron chi connectivity index (χ3n) is 3.82. The maximum atomic E-state index is 12.6. The number of ether oxygens (including phenoxy) is 1. The number of ketones is 1. The van der Waals surface area contributed by atoms with Crippen LogP contribution in [0.2, 0.25) is 5.02 Å². The third-order valence-corrected chi connectivity index (χ3v) is 4.05. The van der Waals surface area contributed by atoms with Gasteiger partial charge in [0, 0.05) is 28.2 Å². The second-order valence-electron chi connectivity index (χ2n) is 5.77. The molecule has 0 aliphatic heterocycles. The van der Waals surface area contributed by atoms with Gasteiger partial charge in [-0.25, -0.2) is 0 Å². The van der Waals surface area contributed by atoms with Crippen LogP contribution in [0.4, 0.5) is 11.4 Å². The summed E-state index contributed by atoms with van der Waals surface area (Å²) >= 11 is 5.99. The van der Waals surface area contributed by atoms with Crippen LogP contribution in [0.15, 0.2) is 59.2 Å². The third kappa shape index (κ3) is 4.39. The molecule has 8 heteroatoms. The molecule has 0 aliphatic carbocycles. The number of carbonyl (C=O) groups excluding carboxylic acids is 2. The number of nitrogens with two attached hydrogens (primary N) is 1. The van der Waals surface area contributed by atoms with Crippen molar-refractivity contribution in [1.82, 2.24) is 0 Å². The fourth-order valence-electron chi connectivity index (χ4n) is 2.46. The Morgan fingerprint density at radius 2 is 2.04 bits per heavy atom. The molecule has 0 radical (unpaired) electrons. The average Bonchev–Trinajstić information content (AvgIpc) is 3.22. The molecule has 1 amide bonds. The highest BCUT2D eigenvalue weighted by atomic mass is 35.5. The van der Waals surface area contributed by atoms with Crippen LogP contribution in [-0.2, 0) is 4.79 Å². The van der Waals surface area contributed by atoms with Gasteiger partial charge in [-0.05, 0) is 48.5 Å². The second kappa shape index (κ2) is 8.41. The Morgan fingerprint density at radius 1 is 1.21 bits per heavy atom. The smallest absolute Gasteiger partial charge is 0.262 e. The normalized spacial score (nSPS) is 10.3. The number of nitrogens with one attached hydrogen (secondary N) is 2. The zero-order valence-electron chi connectivity index (χ0n) is 14.6. The number of furan rings is 1. The van der Waals surface area contributed by atoms with Gasteiger partial charge in [-0.15, -0.1) is 0 Å². The lowest BCUT2D eigenvalue weighted by Gasteiger charge is -2.11. The largest absolute Gasteiger partial charge is 0.483 e. The summed E-state index contributed by atoms with van der Waals surface area (Å²) in [6.07, 6.45) is 2.49. The summed E-state index contributed by atoms with van der Waals surface area (Å²) in [6, 6.07) is 12.4. The van der Waals surface area contributed by atoms with Gasteiger partial charge in [0.1, 0.15) is 5.75 Å². The highest BCUT2D eigenvalue weighted by Crippen LogP contribution is 2.26. The van der Waals surface area contributed by atoms with E-state index in [9.17, 15) is 9.59 Å². The fraction of sp³-hybridized carbons (Fsp3) is 0.0500. The molecule has 0 bridgehead atoms. The van der Waals surface area contributed by atoms with Crippen molar-refractivity contribution in [3.8, 4) is 5.75 Å². The van der Waals surface area contributed by atoms with Gasteiger partial charge in [0.2, 0.25) is 5.78 Å². The number of amides is 1. The van der Waals surface area contributed by atoms with Crippen molar-refractivity contribution >= 4 is 40.9 Å². The van der Waals surface area contributed by atoms with E-state index in [1.165, 1.54) is 24.5 Å². The molecular formula is C20H16ClN3O4. The standard InChI is InChI=1S/C20H16ClN3O4/c21-13-3-6-17(15(9-13)20(26)18-2-1-7-27-18)28-11-19(25)24-14-4-5-16(23)12(8-14)10-22/h1-10,22H,11,23H2,(H,24,25). The molecule has 3 rings (SSSR count). The minimum Gasteiger partial charge on any atom is -0.483 e. The summed E-state index contributed by atoms with van der Waals surface area (Å²) in [5, 5.41) is 10.3. The van der Waals surface area contributed by atoms with Gasteiger partial charge in [0.05, 0.1) is 11.8 Å².